The first kappa shape index (κ1) is 26.7. The van der Waals surface area contributed by atoms with Gasteiger partial charge in [0.25, 0.3) is 0 Å². The van der Waals surface area contributed by atoms with E-state index in [4.69, 9.17) is 26.4 Å². The number of rotatable bonds is 10. The Morgan fingerprint density at radius 3 is 2.50 bits per heavy atom. The van der Waals surface area contributed by atoms with Gasteiger partial charge in [-0.3, -0.25) is 0 Å². The van der Waals surface area contributed by atoms with Gasteiger partial charge in [-0.2, -0.15) is 4.98 Å². The third kappa shape index (κ3) is 5.50. The molecule has 0 bridgehead atoms. The SMILES string of the molecule is CCCN(c1nc(C2CC2)n(-c2cc(C)c(OC)cc2Cl)n1)[C@@H](CC1CC1)c1ccc(C)c(F)c1.Cl. The van der Waals surface area contributed by atoms with Crippen LogP contribution < -0.4 is 9.64 Å². The molecule has 3 aromatic rings. The summed E-state index contributed by atoms with van der Waals surface area (Å²) in [4.78, 5) is 7.38. The van der Waals surface area contributed by atoms with Gasteiger partial charge in [0.2, 0.25) is 5.95 Å². The summed E-state index contributed by atoms with van der Waals surface area (Å²) in [6, 6.07) is 9.56. The minimum Gasteiger partial charge on any atom is -0.496 e. The van der Waals surface area contributed by atoms with Gasteiger partial charge in [0.15, 0.2) is 0 Å². The maximum atomic E-state index is 14.6. The molecule has 0 saturated heterocycles. The highest BCUT2D eigenvalue weighted by molar-refractivity contribution is 6.32. The second-order valence-corrected chi connectivity index (χ2v) is 10.5. The maximum absolute atomic E-state index is 14.6. The van der Waals surface area contributed by atoms with Crippen LogP contribution in [0.1, 0.15) is 79.9 Å². The van der Waals surface area contributed by atoms with E-state index in [0.29, 0.717) is 28.4 Å². The van der Waals surface area contributed by atoms with Crippen molar-refractivity contribution in [1.29, 1.82) is 0 Å². The van der Waals surface area contributed by atoms with Crippen molar-refractivity contribution in [2.45, 2.75) is 71.3 Å². The molecule has 2 saturated carbocycles. The van der Waals surface area contributed by atoms with Crippen LogP contribution >= 0.6 is 24.0 Å². The number of methoxy groups -OCH3 is 1. The Bertz CT molecular complexity index is 1220. The topological polar surface area (TPSA) is 43.2 Å². The third-order valence-electron chi connectivity index (χ3n) is 7.19. The molecule has 1 aromatic heterocycles. The van der Waals surface area contributed by atoms with Crippen LogP contribution in [0.5, 0.6) is 5.75 Å². The number of halogens is 3. The monoisotopic (exact) mass is 532 g/mol. The molecule has 8 heteroatoms. The van der Waals surface area contributed by atoms with Crippen LogP contribution in [0.4, 0.5) is 10.3 Å². The molecule has 1 heterocycles. The van der Waals surface area contributed by atoms with Crippen LogP contribution in [-0.4, -0.2) is 28.4 Å². The Hall–Kier alpha value is -2.31. The Balaban J connectivity index is 0.00000304. The number of aromatic nitrogens is 3. The van der Waals surface area contributed by atoms with Gasteiger partial charge in [-0.15, -0.1) is 17.5 Å². The molecular weight excluding hydrogens is 498 g/mol. The number of anilines is 1. The number of aryl methyl sites for hydroxylation is 2. The molecule has 5 rings (SSSR count). The third-order valence-corrected chi connectivity index (χ3v) is 7.49. The Labute approximate surface area is 224 Å². The smallest absolute Gasteiger partial charge is 0.245 e. The largest absolute Gasteiger partial charge is 0.496 e. The van der Waals surface area contributed by atoms with E-state index in [0.717, 1.165) is 60.6 Å². The van der Waals surface area contributed by atoms with Gasteiger partial charge in [-0.25, -0.2) is 9.07 Å². The zero-order valence-electron chi connectivity index (χ0n) is 21.4. The second-order valence-electron chi connectivity index (χ2n) is 10.1. The summed E-state index contributed by atoms with van der Waals surface area (Å²) in [7, 11) is 1.65. The predicted molar refractivity (Wildman–Crippen MR) is 146 cm³/mol. The normalized spacial score (nSPS) is 15.9. The first-order chi connectivity index (χ1) is 16.9. The van der Waals surface area contributed by atoms with Crippen molar-refractivity contribution in [2.24, 2.45) is 5.92 Å². The number of hydrogen-bond donors (Lipinski definition) is 0. The van der Waals surface area contributed by atoms with Gasteiger partial charge in [-0.05, 0) is 74.3 Å². The molecule has 36 heavy (non-hydrogen) atoms. The highest BCUT2D eigenvalue weighted by Crippen LogP contribution is 2.44. The summed E-state index contributed by atoms with van der Waals surface area (Å²) in [6.07, 6.45) is 6.62. The summed E-state index contributed by atoms with van der Waals surface area (Å²) in [6.45, 7) is 6.79. The predicted octanol–water partition coefficient (Wildman–Crippen LogP) is 7.74. The zero-order valence-corrected chi connectivity index (χ0v) is 23.0. The van der Waals surface area contributed by atoms with Crippen molar-refractivity contribution < 1.29 is 9.13 Å². The summed E-state index contributed by atoms with van der Waals surface area (Å²) in [5.74, 6) is 3.31. The quantitative estimate of drug-likeness (QED) is 0.267. The Morgan fingerprint density at radius 2 is 1.89 bits per heavy atom. The van der Waals surface area contributed by atoms with Crippen molar-refractivity contribution in [3.63, 3.8) is 0 Å². The maximum Gasteiger partial charge on any atom is 0.245 e. The van der Waals surface area contributed by atoms with Crippen LogP contribution in [-0.2, 0) is 0 Å². The van der Waals surface area contributed by atoms with Crippen molar-refractivity contribution in [1.82, 2.24) is 14.8 Å². The van der Waals surface area contributed by atoms with Gasteiger partial charge >= 0.3 is 0 Å². The Kier molecular flexibility index (Phi) is 8.15. The van der Waals surface area contributed by atoms with Crippen molar-refractivity contribution in [3.8, 4) is 11.4 Å². The standard InChI is InChI=1S/C28H34ClFN4O.ClH/c1-5-12-33(24(14-19-7-8-19)21-9-6-17(2)23(30)15-21)28-31-27(20-10-11-20)34(32-28)25-13-18(3)26(35-4)16-22(25)29;/h6,9,13,15-16,19-20,24H,5,7-8,10-12,14H2,1-4H3;1H/t24-;/m0./s1. The number of hydrogen-bond acceptors (Lipinski definition) is 4. The number of nitrogens with zero attached hydrogens (tertiary/aromatic N) is 4. The van der Waals surface area contributed by atoms with Gasteiger partial charge < -0.3 is 9.64 Å². The first-order valence-electron chi connectivity index (χ1n) is 12.7. The Morgan fingerprint density at radius 1 is 1.14 bits per heavy atom. The summed E-state index contributed by atoms with van der Waals surface area (Å²) in [5, 5.41) is 5.63. The zero-order chi connectivity index (χ0) is 24.7. The lowest BCUT2D eigenvalue weighted by molar-refractivity contribution is 0.411. The minimum absolute atomic E-state index is 0. The van der Waals surface area contributed by atoms with Crippen LogP contribution in [0, 0.1) is 25.6 Å². The molecule has 194 valence electrons. The summed E-state index contributed by atoms with van der Waals surface area (Å²) < 4.78 is 22.0. The molecule has 5 nitrogen and oxygen atoms in total. The number of benzene rings is 2. The van der Waals surface area contributed by atoms with Crippen molar-refractivity contribution in [3.05, 3.63) is 63.7 Å². The van der Waals surface area contributed by atoms with E-state index in [1.165, 1.54) is 12.8 Å². The summed E-state index contributed by atoms with van der Waals surface area (Å²) in [5.41, 5.74) is 3.49. The van der Waals surface area contributed by atoms with Crippen molar-refractivity contribution in [2.75, 3.05) is 18.6 Å². The lowest BCUT2D eigenvalue weighted by Gasteiger charge is -2.31. The highest BCUT2D eigenvalue weighted by atomic mass is 35.5. The van der Waals surface area contributed by atoms with E-state index >= 15 is 0 Å². The molecule has 0 unspecified atom stereocenters. The molecule has 0 aliphatic heterocycles. The molecule has 2 aliphatic carbocycles. The molecule has 0 spiro atoms. The fourth-order valence-electron chi connectivity index (χ4n) is 4.81. The molecule has 1 atom stereocenters. The van der Waals surface area contributed by atoms with Gasteiger partial charge in [0.05, 0.1) is 23.9 Å². The molecule has 0 N–H and O–H groups in total. The van der Waals surface area contributed by atoms with E-state index in [9.17, 15) is 4.39 Å². The number of ether oxygens (including phenoxy) is 1. The van der Waals surface area contributed by atoms with E-state index in [-0.39, 0.29) is 24.3 Å². The van der Waals surface area contributed by atoms with E-state index in [1.54, 1.807) is 13.2 Å². The minimum atomic E-state index is -0.155. The summed E-state index contributed by atoms with van der Waals surface area (Å²) >= 11 is 6.71. The molecule has 2 aromatic carbocycles. The van der Waals surface area contributed by atoms with Crippen LogP contribution in [0.3, 0.4) is 0 Å². The van der Waals surface area contributed by atoms with Gasteiger partial charge in [0, 0.05) is 18.5 Å². The first-order valence-corrected chi connectivity index (χ1v) is 13.1. The molecule has 0 amide bonds. The average Bonchev–Trinajstić information content (AvgIpc) is 3.78. The fourth-order valence-corrected chi connectivity index (χ4v) is 5.05. The second kappa shape index (κ2) is 11.0. The van der Waals surface area contributed by atoms with E-state index in [1.807, 2.05) is 36.7 Å². The molecular formula is C28H35Cl2FN4O. The average molecular weight is 534 g/mol. The lowest BCUT2D eigenvalue weighted by atomic mass is 9.98. The molecule has 0 radical (unpaired) electrons. The van der Waals surface area contributed by atoms with Crippen LogP contribution in [0.2, 0.25) is 5.02 Å². The highest BCUT2D eigenvalue weighted by Gasteiger charge is 2.35. The fraction of sp³-hybridized carbons (Fsp3) is 0.500. The molecule has 2 fully saturated rings. The van der Waals surface area contributed by atoms with Gasteiger partial charge in [-0.1, -0.05) is 43.5 Å². The van der Waals surface area contributed by atoms with Crippen LogP contribution in [0.15, 0.2) is 30.3 Å². The van der Waals surface area contributed by atoms with E-state index in [2.05, 4.69) is 17.9 Å². The lowest BCUT2D eigenvalue weighted by Crippen LogP contribution is -2.31. The van der Waals surface area contributed by atoms with Crippen molar-refractivity contribution >= 4 is 30.0 Å². The van der Waals surface area contributed by atoms with E-state index < -0.39 is 0 Å². The van der Waals surface area contributed by atoms with Crippen LogP contribution in [0.25, 0.3) is 5.69 Å². The van der Waals surface area contributed by atoms with Gasteiger partial charge in [0.1, 0.15) is 17.4 Å². The molecule has 2 aliphatic rings.